The van der Waals surface area contributed by atoms with Crippen molar-refractivity contribution in [2.24, 2.45) is 0 Å². The number of ether oxygens (including phenoxy) is 1. The number of esters is 1. The lowest BCUT2D eigenvalue weighted by Crippen LogP contribution is -2.44. The number of carbonyl (C=O) groups excluding carboxylic acids is 1. The molecule has 0 radical (unpaired) electrons. The van der Waals surface area contributed by atoms with E-state index in [1.807, 2.05) is 26.8 Å². The fourth-order valence-corrected chi connectivity index (χ4v) is 4.42. The van der Waals surface area contributed by atoms with Crippen LogP contribution in [0.1, 0.15) is 38.5 Å². The summed E-state index contributed by atoms with van der Waals surface area (Å²) in [5.41, 5.74) is -0.466. The Bertz CT molecular complexity index is 960. The third kappa shape index (κ3) is 7.62. The minimum atomic E-state index is -0.466. The Balaban J connectivity index is 1.67. The molecule has 3 heterocycles. The first-order valence-corrected chi connectivity index (χ1v) is 12.3. The predicted molar refractivity (Wildman–Crippen MR) is 128 cm³/mol. The summed E-state index contributed by atoms with van der Waals surface area (Å²) in [6.07, 6.45) is 2.59. The van der Waals surface area contributed by atoms with Crippen LogP contribution in [0.5, 0.6) is 0 Å². The molecular weight excluding hydrogens is 446 g/mol. The molecule has 2 aromatic heterocycles. The Morgan fingerprint density at radius 3 is 2.72 bits per heavy atom. The zero-order chi connectivity index (χ0) is 23.1. The normalized spacial score (nSPS) is 14.8. The first-order valence-electron chi connectivity index (χ1n) is 10.5. The number of piperazine rings is 1. The first kappa shape index (κ1) is 24.2. The van der Waals surface area contributed by atoms with E-state index >= 15 is 0 Å². The molecule has 0 aliphatic carbocycles. The predicted octanol–water partition coefficient (Wildman–Crippen LogP) is 3.51. The number of nitrogens with zero attached hydrogens (tertiary/aromatic N) is 6. The van der Waals surface area contributed by atoms with Crippen molar-refractivity contribution in [1.82, 2.24) is 19.9 Å². The molecule has 0 unspecified atom stereocenters. The lowest BCUT2D eigenvalue weighted by Gasteiger charge is -2.33. The van der Waals surface area contributed by atoms with Crippen LogP contribution in [-0.2, 0) is 9.53 Å². The summed E-state index contributed by atoms with van der Waals surface area (Å²) < 4.78 is 5.37. The number of carbonyl (C=O) groups is 1. The quantitative estimate of drug-likeness (QED) is 0.264. The summed E-state index contributed by atoms with van der Waals surface area (Å²) in [6.45, 7) is 9.35. The maximum absolute atomic E-state index is 11.9. The van der Waals surface area contributed by atoms with Gasteiger partial charge in [0, 0.05) is 44.4 Å². The van der Waals surface area contributed by atoms with E-state index in [2.05, 4.69) is 38.2 Å². The number of hydrogen-bond acceptors (Lipinski definition) is 11. The zero-order valence-corrected chi connectivity index (χ0v) is 20.6. The van der Waals surface area contributed by atoms with E-state index in [0.717, 1.165) is 32.0 Å². The number of nitriles is 1. The van der Waals surface area contributed by atoms with Crippen molar-refractivity contribution >= 4 is 45.8 Å². The molecule has 9 nitrogen and oxygen atoms in total. The Labute approximate surface area is 197 Å². The summed E-state index contributed by atoms with van der Waals surface area (Å²) in [7, 11) is 2.12. The van der Waals surface area contributed by atoms with E-state index in [1.54, 1.807) is 6.20 Å². The number of nitrogens with one attached hydrogen (secondary N) is 1. The summed E-state index contributed by atoms with van der Waals surface area (Å²) in [4.78, 5) is 30.6. The second-order valence-electron chi connectivity index (χ2n) is 8.49. The highest BCUT2D eigenvalue weighted by molar-refractivity contribution is 7.99. The fraction of sp³-hybridized carbons (Fsp3) is 0.571. The molecule has 11 heteroatoms. The molecule has 1 saturated heterocycles. The Morgan fingerprint density at radius 2 is 2.06 bits per heavy atom. The van der Waals surface area contributed by atoms with Gasteiger partial charge in [0.25, 0.3) is 0 Å². The molecule has 32 heavy (non-hydrogen) atoms. The van der Waals surface area contributed by atoms with Gasteiger partial charge in [-0.1, -0.05) is 23.1 Å². The summed E-state index contributed by atoms with van der Waals surface area (Å²) in [5, 5.41) is 13.5. The van der Waals surface area contributed by atoms with Gasteiger partial charge in [0.2, 0.25) is 0 Å². The smallest absolute Gasteiger partial charge is 0.306 e. The number of likely N-dealkylation sites (N-methyl/N-ethyl adjacent to an activating group) is 1. The van der Waals surface area contributed by atoms with Gasteiger partial charge in [-0.2, -0.15) is 5.26 Å². The van der Waals surface area contributed by atoms with E-state index in [1.165, 1.54) is 23.1 Å². The molecule has 1 aliphatic rings. The topological polar surface area (TPSA) is 107 Å². The number of anilines is 3. The van der Waals surface area contributed by atoms with Crippen molar-refractivity contribution in [2.75, 3.05) is 49.2 Å². The molecule has 0 aromatic carbocycles. The van der Waals surface area contributed by atoms with E-state index in [4.69, 9.17) is 15.0 Å². The van der Waals surface area contributed by atoms with Crippen molar-refractivity contribution < 1.29 is 9.53 Å². The molecule has 1 fully saturated rings. The molecule has 1 aliphatic heterocycles. The van der Waals surface area contributed by atoms with Gasteiger partial charge in [-0.3, -0.25) is 4.79 Å². The number of hydrogen-bond donors (Lipinski definition) is 1. The van der Waals surface area contributed by atoms with E-state index in [0.29, 0.717) is 39.6 Å². The van der Waals surface area contributed by atoms with Crippen LogP contribution in [0.4, 0.5) is 16.8 Å². The van der Waals surface area contributed by atoms with Gasteiger partial charge in [-0.15, -0.1) is 0 Å². The zero-order valence-electron chi connectivity index (χ0n) is 18.9. The number of aromatic nitrogens is 3. The van der Waals surface area contributed by atoms with E-state index in [-0.39, 0.29) is 5.97 Å². The van der Waals surface area contributed by atoms with Crippen LogP contribution in [0.2, 0.25) is 0 Å². The minimum absolute atomic E-state index is 0.190. The SMILES string of the molecule is CN1CCN(c2cc(Nc3ncc(C#N)s3)nc(SCCCC(=O)OC(C)(C)C)n2)CC1. The molecule has 1 N–H and O–H groups in total. The average Bonchev–Trinajstić information content (AvgIpc) is 3.18. The molecule has 0 amide bonds. The van der Waals surface area contributed by atoms with Crippen LogP contribution >= 0.6 is 23.1 Å². The molecule has 3 rings (SSSR count). The van der Waals surface area contributed by atoms with E-state index < -0.39 is 5.60 Å². The van der Waals surface area contributed by atoms with Gasteiger partial charge in [0.05, 0.1) is 6.20 Å². The highest BCUT2D eigenvalue weighted by Crippen LogP contribution is 2.27. The Hall–Kier alpha value is -2.42. The summed E-state index contributed by atoms with van der Waals surface area (Å²) in [6, 6.07) is 4.02. The Kier molecular flexibility index (Phi) is 8.28. The van der Waals surface area contributed by atoms with Gasteiger partial charge in [0.15, 0.2) is 10.3 Å². The maximum atomic E-state index is 11.9. The lowest BCUT2D eigenvalue weighted by atomic mass is 10.2. The van der Waals surface area contributed by atoms with Gasteiger partial charge < -0.3 is 19.9 Å². The van der Waals surface area contributed by atoms with Crippen LogP contribution < -0.4 is 10.2 Å². The van der Waals surface area contributed by atoms with Crippen molar-refractivity contribution in [3.63, 3.8) is 0 Å². The lowest BCUT2D eigenvalue weighted by molar-refractivity contribution is -0.154. The first-order chi connectivity index (χ1) is 15.2. The minimum Gasteiger partial charge on any atom is -0.460 e. The molecule has 2 aromatic rings. The highest BCUT2D eigenvalue weighted by Gasteiger charge is 2.19. The van der Waals surface area contributed by atoms with Crippen LogP contribution in [0, 0.1) is 11.3 Å². The average molecular weight is 476 g/mol. The summed E-state index contributed by atoms with van der Waals surface area (Å²) >= 11 is 2.80. The van der Waals surface area contributed by atoms with Crippen molar-refractivity contribution in [1.29, 1.82) is 5.26 Å². The highest BCUT2D eigenvalue weighted by atomic mass is 32.2. The van der Waals surface area contributed by atoms with Crippen molar-refractivity contribution in [3.05, 3.63) is 17.1 Å². The monoisotopic (exact) mass is 475 g/mol. The van der Waals surface area contributed by atoms with Crippen LogP contribution in [0.15, 0.2) is 17.4 Å². The molecule has 0 bridgehead atoms. The van der Waals surface area contributed by atoms with Crippen LogP contribution in [0.25, 0.3) is 0 Å². The standard InChI is InChI=1S/C21H29N7O2S2/c1-21(2,3)30-18(29)6-5-11-31-20-25-16(24-19-23-14-15(13-22)32-19)12-17(26-20)28-9-7-27(4)8-10-28/h12,14H,5-11H2,1-4H3,(H,23,24,25,26). The van der Waals surface area contributed by atoms with Crippen molar-refractivity contribution in [2.45, 2.75) is 44.4 Å². The van der Waals surface area contributed by atoms with E-state index in [9.17, 15) is 4.79 Å². The van der Waals surface area contributed by atoms with Crippen molar-refractivity contribution in [3.8, 4) is 6.07 Å². The molecular formula is C21H29N7O2S2. The fourth-order valence-electron chi connectivity index (χ4n) is 3.00. The van der Waals surface area contributed by atoms with Gasteiger partial charge in [0.1, 0.15) is 28.2 Å². The second kappa shape index (κ2) is 10.9. The number of thioether (sulfide) groups is 1. The third-order valence-corrected chi connectivity index (χ3v) is 6.30. The maximum Gasteiger partial charge on any atom is 0.306 e. The molecule has 0 spiro atoms. The largest absolute Gasteiger partial charge is 0.460 e. The number of rotatable bonds is 8. The van der Waals surface area contributed by atoms with Crippen LogP contribution in [-0.4, -0.2) is 70.4 Å². The number of thiazole rings is 1. The molecule has 0 saturated carbocycles. The van der Waals surface area contributed by atoms with Gasteiger partial charge in [-0.05, 0) is 34.2 Å². The third-order valence-electron chi connectivity index (χ3n) is 4.55. The Morgan fingerprint density at radius 1 is 1.31 bits per heavy atom. The second-order valence-corrected chi connectivity index (χ2v) is 10.6. The van der Waals surface area contributed by atoms with Gasteiger partial charge >= 0.3 is 5.97 Å². The van der Waals surface area contributed by atoms with Gasteiger partial charge in [-0.25, -0.2) is 15.0 Å². The molecule has 0 atom stereocenters. The van der Waals surface area contributed by atoms with Crippen LogP contribution in [0.3, 0.4) is 0 Å². The molecule has 172 valence electrons. The summed E-state index contributed by atoms with van der Waals surface area (Å²) in [5.74, 6) is 2.02.